The van der Waals surface area contributed by atoms with E-state index in [9.17, 15) is 4.79 Å². The van der Waals surface area contributed by atoms with Crippen LogP contribution in [0.1, 0.15) is 16.1 Å². The number of hydrogen-bond acceptors (Lipinski definition) is 5. The molecule has 6 heteroatoms. The molecule has 2 heterocycles. The molecule has 0 aliphatic rings. The van der Waals surface area contributed by atoms with Crippen molar-refractivity contribution in [2.45, 2.75) is 6.92 Å². The summed E-state index contributed by atoms with van der Waals surface area (Å²) in [5, 5.41) is 10.1. The summed E-state index contributed by atoms with van der Waals surface area (Å²) < 4.78 is 4.67. The zero-order valence-corrected chi connectivity index (χ0v) is 8.89. The van der Waals surface area contributed by atoms with Gasteiger partial charge in [-0.15, -0.1) is 0 Å². The van der Waals surface area contributed by atoms with Crippen LogP contribution in [0, 0.1) is 6.92 Å². The summed E-state index contributed by atoms with van der Waals surface area (Å²) in [6.45, 7) is 1.75. The number of carbonyl (C=O) groups excluding carboxylic acids is 1. The number of nitrogens with zero attached hydrogens (tertiary/aromatic N) is 3. The summed E-state index contributed by atoms with van der Waals surface area (Å²) in [4.78, 5) is 15.6. The topological polar surface area (TPSA) is 80.8 Å². The number of pyridine rings is 1. The Morgan fingerprint density at radius 2 is 2.25 bits per heavy atom. The molecule has 0 radical (unpaired) electrons. The van der Waals surface area contributed by atoms with Gasteiger partial charge >= 0.3 is 5.97 Å². The Bertz CT molecular complexity index is 508. The Balaban J connectivity index is 2.47. The second-order valence-corrected chi connectivity index (χ2v) is 3.20. The van der Waals surface area contributed by atoms with E-state index in [4.69, 9.17) is 0 Å². The molecule has 2 aromatic heterocycles. The molecule has 0 saturated carbocycles. The molecule has 16 heavy (non-hydrogen) atoms. The number of esters is 1. The van der Waals surface area contributed by atoms with Crippen LogP contribution in [0.4, 0.5) is 0 Å². The molecule has 1 N–H and O–H groups in total. The lowest BCUT2D eigenvalue weighted by Crippen LogP contribution is -2.05. The number of aromatic amines is 1. The van der Waals surface area contributed by atoms with Gasteiger partial charge in [0, 0.05) is 11.8 Å². The van der Waals surface area contributed by atoms with Crippen LogP contribution in [0.5, 0.6) is 0 Å². The van der Waals surface area contributed by atoms with Crippen LogP contribution < -0.4 is 0 Å². The summed E-state index contributed by atoms with van der Waals surface area (Å²) in [5.41, 5.74) is 2.42. The van der Waals surface area contributed by atoms with Gasteiger partial charge in [-0.3, -0.25) is 4.98 Å². The number of aromatic nitrogens is 4. The number of nitrogens with one attached hydrogen (secondary N) is 1. The Kier molecular flexibility index (Phi) is 2.63. The Morgan fingerprint density at radius 1 is 1.44 bits per heavy atom. The van der Waals surface area contributed by atoms with Crippen molar-refractivity contribution in [1.82, 2.24) is 20.4 Å². The number of carbonyl (C=O) groups is 1. The van der Waals surface area contributed by atoms with E-state index in [1.165, 1.54) is 7.11 Å². The molecule has 0 atom stereocenters. The normalized spacial score (nSPS) is 10.1. The molecule has 6 nitrogen and oxygen atoms in total. The van der Waals surface area contributed by atoms with Crippen LogP contribution in [-0.4, -0.2) is 33.5 Å². The molecule has 0 fully saturated rings. The number of methoxy groups -OCH3 is 1. The molecule has 0 saturated heterocycles. The fourth-order valence-electron chi connectivity index (χ4n) is 1.33. The SMILES string of the molecule is COC(=O)c1cc(-c2cn[nH]n2)cnc1C. The van der Waals surface area contributed by atoms with Gasteiger partial charge in [0.05, 0.1) is 24.6 Å². The van der Waals surface area contributed by atoms with Crippen LogP contribution in [0.2, 0.25) is 0 Å². The second kappa shape index (κ2) is 4.09. The zero-order chi connectivity index (χ0) is 11.5. The van der Waals surface area contributed by atoms with Crippen LogP contribution in [0.15, 0.2) is 18.5 Å². The van der Waals surface area contributed by atoms with Crippen molar-refractivity contribution < 1.29 is 9.53 Å². The average Bonchev–Trinajstić information content (AvgIpc) is 2.82. The maximum absolute atomic E-state index is 11.5. The molecule has 0 aromatic carbocycles. The summed E-state index contributed by atoms with van der Waals surface area (Å²) in [6, 6.07) is 1.69. The van der Waals surface area contributed by atoms with E-state index in [-0.39, 0.29) is 0 Å². The average molecular weight is 218 g/mol. The molecule has 2 rings (SSSR count). The van der Waals surface area contributed by atoms with Crippen molar-refractivity contribution >= 4 is 5.97 Å². The summed E-state index contributed by atoms with van der Waals surface area (Å²) in [6.07, 6.45) is 3.20. The van der Waals surface area contributed by atoms with Gasteiger partial charge in [-0.25, -0.2) is 4.79 Å². The number of rotatable bonds is 2. The lowest BCUT2D eigenvalue weighted by molar-refractivity contribution is 0.0599. The lowest BCUT2D eigenvalue weighted by atomic mass is 10.1. The van der Waals surface area contributed by atoms with Gasteiger partial charge in [0.1, 0.15) is 5.69 Å². The van der Waals surface area contributed by atoms with Gasteiger partial charge in [0.15, 0.2) is 0 Å². The van der Waals surface area contributed by atoms with Crippen LogP contribution in [0.25, 0.3) is 11.3 Å². The predicted octanol–water partition coefficient (Wildman–Crippen LogP) is 0.962. The van der Waals surface area contributed by atoms with Crippen molar-refractivity contribution in [3.63, 3.8) is 0 Å². The van der Waals surface area contributed by atoms with Gasteiger partial charge in [-0.05, 0) is 13.0 Å². The molecular formula is C10H10N4O2. The first-order chi connectivity index (χ1) is 7.72. The largest absolute Gasteiger partial charge is 0.465 e. The molecule has 0 unspecified atom stereocenters. The highest BCUT2D eigenvalue weighted by molar-refractivity contribution is 5.91. The standard InChI is InChI=1S/C10H10N4O2/c1-6-8(10(15)16-2)3-7(4-11-6)9-5-12-14-13-9/h3-5H,1-2H3,(H,12,13,14). The third-order valence-electron chi connectivity index (χ3n) is 2.20. The smallest absolute Gasteiger partial charge is 0.339 e. The maximum atomic E-state index is 11.5. The third kappa shape index (κ3) is 1.77. The molecule has 0 bridgehead atoms. The minimum Gasteiger partial charge on any atom is -0.465 e. The highest BCUT2D eigenvalue weighted by Crippen LogP contribution is 2.18. The number of ether oxygens (including phenoxy) is 1. The molecular weight excluding hydrogens is 208 g/mol. The molecule has 0 aliphatic heterocycles. The van der Waals surface area contributed by atoms with Crippen LogP contribution >= 0.6 is 0 Å². The van der Waals surface area contributed by atoms with Gasteiger partial charge in [-0.1, -0.05) is 0 Å². The van der Waals surface area contributed by atoms with Crippen molar-refractivity contribution in [3.8, 4) is 11.3 Å². The predicted molar refractivity (Wildman–Crippen MR) is 55.7 cm³/mol. The summed E-state index contributed by atoms with van der Waals surface area (Å²) >= 11 is 0. The summed E-state index contributed by atoms with van der Waals surface area (Å²) in [7, 11) is 1.34. The minimum atomic E-state index is -0.407. The van der Waals surface area contributed by atoms with E-state index in [2.05, 4.69) is 25.1 Å². The highest BCUT2D eigenvalue weighted by Gasteiger charge is 2.12. The number of aryl methyl sites for hydroxylation is 1. The van der Waals surface area contributed by atoms with Crippen molar-refractivity contribution in [3.05, 3.63) is 29.7 Å². The third-order valence-corrected chi connectivity index (χ3v) is 2.20. The van der Waals surface area contributed by atoms with Gasteiger partial charge in [-0.2, -0.15) is 15.4 Å². The molecule has 0 spiro atoms. The first-order valence-corrected chi connectivity index (χ1v) is 4.63. The van der Waals surface area contributed by atoms with Crippen molar-refractivity contribution in [2.24, 2.45) is 0 Å². The van der Waals surface area contributed by atoms with E-state index >= 15 is 0 Å². The first kappa shape index (κ1) is 10.3. The maximum Gasteiger partial charge on any atom is 0.339 e. The molecule has 0 aliphatic carbocycles. The van der Waals surface area contributed by atoms with Crippen molar-refractivity contribution in [2.75, 3.05) is 7.11 Å². The zero-order valence-electron chi connectivity index (χ0n) is 8.89. The van der Waals surface area contributed by atoms with Crippen LogP contribution in [-0.2, 0) is 4.74 Å². The molecule has 82 valence electrons. The lowest BCUT2D eigenvalue weighted by Gasteiger charge is -2.04. The van der Waals surface area contributed by atoms with Gasteiger partial charge < -0.3 is 4.74 Å². The monoisotopic (exact) mass is 218 g/mol. The number of H-pyrrole nitrogens is 1. The Morgan fingerprint density at radius 3 is 2.88 bits per heavy atom. The fraction of sp³-hybridized carbons (Fsp3) is 0.200. The Labute approximate surface area is 91.7 Å². The Hall–Kier alpha value is -2.24. The minimum absolute atomic E-state index is 0.407. The molecule has 0 amide bonds. The first-order valence-electron chi connectivity index (χ1n) is 4.63. The van der Waals surface area contributed by atoms with Gasteiger partial charge in [0.2, 0.25) is 0 Å². The highest BCUT2D eigenvalue weighted by atomic mass is 16.5. The molecule has 2 aromatic rings. The second-order valence-electron chi connectivity index (χ2n) is 3.20. The van der Waals surface area contributed by atoms with E-state index in [0.717, 1.165) is 5.56 Å². The van der Waals surface area contributed by atoms with E-state index < -0.39 is 5.97 Å². The van der Waals surface area contributed by atoms with E-state index in [0.29, 0.717) is 17.0 Å². The van der Waals surface area contributed by atoms with Crippen molar-refractivity contribution in [1.29, 1.82) is 0 Å². The summed E-state index contributed by atoms with van der Waals surface area (Å²) in [5.74, 6) is -0.407. The van der Waals surface area contributed by atoms with Crippen LogP contribution in [0.3, 0.4) is 0 Å². The number of hydrogen-bond donors (Lipinski definition) is 1. The van der Waals surface area contributed by atoms with E-state index in [1.54, 1.807) is 25.4 Å². The fourth-order valence-corrected chi connectivity index (χ4v) is 1.33. The quantitative estimate of drug-likeness (QED) is 0.759. The van der Waals surface area contributed by atoms with E-state index in [1.807, 2.05) is 0 Å². The van der Waals surface area contributed by atoms with Gasteiger partial charge in [0.25, 0.3) is 0 Å².